The van der Waals surface area contributed by atoms with Crippen molar-refractivity contribution >= 4 is 46.0 Å². The van der Waals surface area contributed by atoms with Crippen molar-refractivity contribution in [2.24, 2.45) is 7.05 Å². The topological polar surface area (TPSA) is 128 Å². The Morgan fingerprint density at radius 2 is 1.88 bits per heavy atom. The van der Waals surface area contributed by atoms with Gasteiger partial charge >= 0.3 is 6.09 Å². The summed E-state index contributed by atoms with van der Waals surface area (Å²) in [5.74, 6) is -1.15. The summed E-state index contributed by atoms with van der Waals surface area (Å²) in [5, 5.41) is 27.5. The van der Waals surface area contributed by atoms with E-state index in [4.69, 9.17) is 0 Å². The van der Waals surface area contributed by atoms with Crippen LogP contribution in [0.1, 0.15) is 38.2 Å². The Morgan fingerprint density at radius 3 is 2.41 bits per heavy atom. The molecule has 34 heavy (non-hydrogen) atoms. The van der Waals surface area contributed by atoms with Crippen molar-refractivity contribution in [3.05, 3.63) is 49.7 Å². The molecule has 2 heterocycles. The highest BCUT2D eigenvalue weighted by Gasteiger charge is 2.52. The third kappa shape index (κ3) is 5.02. The number of aliphatic hydroxyl groups is 1. The largest absolute Gasteiger partial charge is 0.465 e. The van der Waals surface area contributed by atoms with Crippen LogP contribution in [0.15, 0.2) is 29.1 Å². The first-order valence-electron chi connectivity index (χ1n) is 10.5. The molecule has 0 aliphatic carbocycles. The van der Waals surface area contributed by atoms with Gasteiger partial charge in [-0.2, -0.15) is 5.10 Å². The van der Waals surface area contributed by atoms with E-state index in [1.54, 1.807) is 33.8 Å². The first-order chi connectivity index (χ1) is 15.6. The molecule has 0 spiro atoms. The zero-order valence-corrected chi connectivity index (χ0v) is 21.6. The average Bonchev–Trinajstić information content (AvgIpc) is 2.68. The van der Waals surface area contributed by atoms with E-state index in [2.05, 4.69) is 10.4 Å². The molecule has 1 aromatic heterocycles. The third-order valence-corrected chi connectivity index (χ3v) is 6.48. The Kier molecular flexibility index (Phi) is 6.95. The van der Waals surface area contributed by atoms with E-state index >= 15 is 0 Å². The number of likely N-dealkylation sites (tertiary alicyclic amines) is 1. The first-order valence-corrected chi connectivity index (χ1v) is 11.6. The number of nitrogens with one attached hydrogen (secondary N) is 1. The van der Waals surface area contributed by atoms with Gasteiger partial charge in [0.05, 0.1) is 30.5 Å². The van der Waals surface area contributed by atoms with Gasteiger partial charge in [0.15, 0.2) is 5.69 Å². The monoisotopic (exact) mass is 587 g/mol. The van der Waals surface area contributed by atoms with Crippen LogP contribution < -0.4 is 10.9 Å². The molecule has 0 bridgehead atoms. The van der Waals surface area contributed by atoms with Crippen LogP contribution >= 0.6 is 22.6 Å². The van der Waals surface area contributed by atoms with Crippen molar-refractivity contribution in [1.29, 1.82) is 0 Å². The lowest BCUT2D eigenvalue weighted by Crippen LogP contribution is -2.73. The van der Waals surface area contributed by atoms with Crippen molar-refractivity contribution in [3.63, 3.8) is 0 Å². The van der Waals surface area contributed by atoms with Crippen LogP contribution in [-0.2, 0) is 7.05 Å². The van der Waals surface area contributed by atoms with E-state index in [0.29, 0.717) is 3.57 Å². The normalized spacial score (nSPS) is 15.9. The van der Waals surface area contributed by atoms with Crippen molar-refractivity contribution in [1.82, 2.24) is 19.6 Å². The van der Waals surface area contributed by atoms with Gasteiger partial charge in [-0.3, -0.25) is 14.5 Å². The lowest BCUT2D eigenvalue weighted by atomic mass is 9.84. The first kappa shape index (κ1) is 25.9. The zero-order valence-electron chi connectivity index (χ0n) is 19.5. The molecule has 1 aromatic carbocycles. The van der Waals surface area contributed by atoms with Crippen LogP contribution in [0.3, 0.4) is 0 Å². The van der Waals surface area contributed by atoms with Gasteiger partial charge in [-0.15, -0.1) is 0 Å². The second kappa shape index (κ2) is 9.13. The van der Waals surface area contributed by atoms with Gasteiger partial charge in [-0.1, -0.05) is 0 Å². The summed E-state index contributed by atoms with van der Waals surface area (Å²) in [4.78, 5) is 39.7. The zero-order chi connectivity index (χ0) is 25.6. The molecule has 1 fully saturated rings. The molecule has 12 heteroatoms. The summed E-state index contributed by atoms with van der Waals surface area (Å²) in [5.41, 5.74) is -2.75. The Balaban J connectivity index is 1.86. The summed E-state index contributed by atoms with van der Waals surface area (Å²) in [7, 11) is 1.39. The molecule has 3 rings (SSSR count). The smallest absolute Gasteiger partial charge is 0.408 e. The Hall–Kier alpha value is -2.74. The average molecular weight is 587 g/mol. The number of rotatable bonds is 5. The van der Waals surface area contributed by atoms with Crippen LogP contribution in [0.4, 0.5) is 20.6 Å². The van der Waals surface area contributed by atoms with Gasteiger partial charge in [-0.25, -0.2) is 13.9 Å². The number of halogens is 2. The number of hydrogen-bond acceptors (Lipinski definition) is 6. The molecule has 1 aliphatic rings. The molecule has 2 amide bonds. The lowest BCUT2D eigenvalue weighted by molar-refractivity contribution is -0.133. The molecule has 10 nitrogen and oxygen atoms in total. The predicted octanol–water partition coefficient (Wildman–Crippen LogP) is 2.62. The number of benzene rings is 1. The molecule has 184 valence electrons. The number of aryl methyl sites for hydroxylation is 1. The Bertz CT molecular complexity index is 1190. The second-order valence-electron chi connectivity index (χ2n) is 9.38. The highest BCUT2D eigenvalue weighted by molar-refractivity contribution is 14.1. The summed E-state index contributed by atoms with van der Waals surface area (Å²) in [6.45, 7) is 6.50. The maximum atomic E-state index is 14.4. The van der Waals surface area contributed by atoms with E-state index in [0.717, 1.165) is 15.6 Å². The molecule has 0 saturated carbocycles. The number of carbonyl (C=O) groups is 2. The molecule has 3 N–H and O–H groups in total. The maximum Gasteiger partial charge on any atom is 0.408 e. The standard InChI is InChI=1S/C22H27FIN5O5/c1-12(29(20(32)33)21(2,3)4)22(34)10-28(11-22)19(31)18-16(9-17(30)27(5)26-18)25-15-7-6-13(24)8-14(15)23/h6-9,12,25,34H,10-11H2,1-5H3,(H,32,33). The number of anilines is 2. The molecule has 1 atom stereocenters. The van der Waals surface area contributed by atoms with Crippen molar-refractivity contribution in [2.45, 2.75) is 44.9 Å². The Labute approximate surface area is 209 Å². The molecule has 0 radical (unpaired) electrons. The van der Waals surface area contributed by atoms with E-state index in [1.165, 1.54) is 24.1 Å². The molecule has 1 aliphatic heterocycles. The van der Waals surface area contributed by atoms with Crippen molar-refractivity contribution in [3.8, 4) is 0 Å². The van der Waals surface area contributed by atoms with Gasteiger partial charge in [-0.05, 0) is 68.5 Å². The predicted molar refractivity (Wildman–Crippen MR) is 132 cm³/mol. The summed E-state index contributed by atoms with van der Waals surface area (Å²) in [6.07, 6.45) is -1.18. The van der Waals surface area contributed by atoms with Crippen LogP contribution in [0, 0.1) is 9.39 Å². The number of aromatic nitrogens is 2. The van der Waals surface area contributed by atoms with E-state index in [9.17, 15) is 29.0 Å². The van der Waals surface area contributed by atoms with Gasteiger partial charge in [0, 0.05) is 22.2 Å². The minimum absolute atomic E-state index is 0.0264. The van der Waals surface area contributed by atoms with E-state index in [1.807, 2.05) is 22.6 Å². The quantitative estimate of drug-likeness (QED) is 0.459. The van der Waals surface area contributed by atoms with Crippen molar-refractivity contribution < 1.29 is 24.2 Å². The number of carbonyl (C=O) groups excluding carboxylic acids is 1. The summed E-state index contributed by atoms with van der Waals surface area (Å²) >= 11 is 1.96. The van der Waals surface area contributed by atoms with Crippen LogP contribution in [0.5, 0.6) is 0 Å². The SMILES string of the molecule is CC(N(C(=O)O)C(C)(C)C)C1(O)CN(C(=O)c2nn(C)c(=O)cc2Nc2ccc(I)cc2F)C1. The molecule has 1 saturated heterocycles. The minimum atomic E-state index is -1.46. The second-order valence-corrected chi connectivity index (χ2v) is 10.6. The fraction of sp³-hybridized carbons (Fsp3) is 0.455. The number of nitrogens with zero attached hydrogens (tertiary/aromatic N) is 4. The molecular weight excluding hydrogens is 560 g/mol. The highest BCUT2D eigenvalue weighted by Crippen LogP contribution is 2.33. The molecule has 2 aromatic rings. The summed E-state index contributed by atoms with van der Waals surface area (Å²) < 4.78 is 16.0. The minimum Gasteiger partial charge on any atom is -0.465 e. The fourth-order valence-electron chi connectivity index (χ4n) is 3.97. The number of amides is 2. The van der Waals surface area contributed by atoms with Gasteiger partial charge in [0.25, 0.3) is 11.5 Å². The number of hydrogen-bond donors (Lipinski definition) is 3. The highest BCUT2D eigenvalue weighted by atomic mass is 127. The Morgan fingerprint density at radius 1 is 1.26 bits per heavy atom. The fourth-order valence-corrected chi connectivity index (χ4v) is 4.43. The van der Waals surface area contributed by atoms with Gasteiger partial charge in [0.1, 0.15) is 11.4 Å². The lowest BCUT2D eigenvalue weighted by Gasteiger charge is -2.53. The maximum absolute atomic E-state index is 14.4. The summed E-state index contributed by atoms with van der Waals surface area (Å²) in [6, 6.07) is 4.82. The molecule has 1 unspecified atom stereocenters. The van der Waals surface area contributed by atoms with Crippen LogP contribution in [0.2, 0.25) is 0 Å². The van der Waals surface area contributed by atoms with Crippen molar-refractivity contribution in [2.75, 3.05) is 18.4 Å². The van der Waals surface area contributed by atoms with Crippen LogP contribution in [0.25, 0.3) is 0 Å². The van der Waals surface area contributed by atoms with E-state index < -0.39 is 40.6 Å². The number of carboxylic acid groups (broad SMARTS) is 1. The number of β-amino-alcohol motifs (C(OH)–C–C–N with tert-alkyl or cyclic N) is 1. The van der Waals surface area contributed by atoms with Crippen LogP contribution in [-0.4, -0.2) is 72.1 Å². The van der Waals surface area contributed by atoms with E-state index in [-0.39, 0.29) is 30.2 Å². The molecular formula is C22H27FIN5O5. The third-order valence-electron chi connectivity index (χ3n) is 5.81. The van der Waals surface area contributed by atoms with Gasteiger partial charge < -0.3 is 20.4 Å². The van der Waals surface area contributed by atoms with Gasteiger partial charge in [0.2, 0.25) is 0 Å².